The van der Waals surface area contributed by atoms with E-state index in [0.29, 0.717) is 132 Å². The summed E-state index contributed by atoms with van der Waals surface area (Å²) in [4.78, 5) is 0. The van der Waals surface area contributed by atoms with E-state index < -0.39 is 0 Å². The van der Waals surface area contributed by atoms with Gasteiger partial charge in [0.15, 0.2) is 0 Å². The monoisotopic (exact) mass is 870 g/mol. The first-order chi connectivity index (χ1) is 26.4. The zero-order chi connectivity index (χ0) is 37.8. The first kappa shape index (κ1) is 50.4. The second kappa shape index (κ2) is 44.1. The van der Waals surface area contributed by atoms with E-state index in [9.17, 15) is 0 Å². The Labute approximate surface area is 336 Å². The highest BCUT2D eigenvalue weighted by atomic mass is 127. The molecule has 0 saturated heterocycles. The molecule has 0 aliphatic heterocycles. The third-order valence-electron chi connectivity index (χ3n) is 8.01. The molecule has 53 heavy (non-hydrogen) atoms. The van der Waals surface area contributed by atoms with Crippen molar-refractivity contribution < 1.29 is 52.1 Å². The van der Waals surface area contributed by atoms with E-state index in [-0.39, 0.29) is 0 Å². The molecule has 0 bridgehead atoms. The van der Waals surface area contributed by atoms with E-state index in [0.717, 1.165) is 25.2 Å². The molecule has 1 aromatic carbocycles. The Hall–Kier alpha value is -0.650. The van der Waals surface area contributed by atoms with Gasteiger partial charge in [0, 0.05) is 6.61 Å². The van der Waals surface area contributed by atoms with Gasteiger partial charge in [-0.2, -0.15) is 0 Å². The molecule has 1 aromatic rings. The van der Waals surface area contributed by atoms with Crippen molar-refractivity contribution in [2.45, 2.75) is 84.0 Å². The Kier molecular flexibility index (Phi) is 41.9. The Morgan fingerprint density at radius 2 is 0.660 bits per heavy atom. The van der Waals surface area contributed by atoms with Crippen LogP contribution in [0.25, 0.3) is 0 Å². The summed E-state index contributed by atoms with van der Waals surface area (Å²) in [5.74, 6) is 0.889. The van der Waals surface area contributed by atoms with Gasteiger partial charge in [-0.05, 0) is 47.8 Å². The van der Waals surface area contributed by atoms with Gasteiger partial charge in [-0.15, -0.1) is 0 Å². The number of benzene rings is 1. The summed E-state index contributed by atoms with van der Waals surface area (Å²) in [5.41, 5.74) is 1.38. The highest BCUT2D eigenvalue weighted by Crippen LogP contribution is 2.15. The molecule has 312 valence electrons. The molecule has 0 amide bonds. The molecule has 0 aromatic heterocycles. The van der Waals surface area contributed by atoms with Crippen LogP contribution in [0.2, 0.25) is 0 Å². The van der Waals surface area contributed by atoms with Crippen molar-refractivity contribution in [1.82, 2.24) is 0 Å². The van der Waals surface area contributed by atoms with Crippen LogP contribution in [-0.4, -0.2) is 143 Å². The van der Waals surface area contributed by atoms with Crippen LogP contribution >= 0.6 is 22.6 Å². The van der Waals surface area contributed by atoms with Crippen molar-refractivity contribution in [3.8, 4) is 5.75 Å². The molecule has 12 heteroatoms. The van der Waals surface area contributed by atoms with E-state index in [1.165, 1.54) is 74.2 Å². The van der Waals surface area contributed by atoms with Crippen LogP contribution in [0.15, 0.2) is 24.3 Å². The number of unbranched alkanes of at least 4 members (excludes halogenated alkanes) is 9. The van der Waals surface area contributed by atoms with Crippen molar-refractivity contribution in [2.75, 3.05) is 143 Å². The SMILES string of the molecule is CCCCCCCCCc1ccc(OCCOCCOCCOCCOCCOCCOCCOCCOCCOCCOCCCCCCI)cc1. The summed E-state index contributed by atoms with van der Waals surface area (Å²) in [6.07, 6.45) is 15.5. The number of hydrogen-bond acceptors (Lipinski definition) is 11. The minimum absolute atomic E-state index is 0.520. The molecule has 0 aliphatic carbocycles. The van der Waals surface area contributed by atoms with E-state index in [1.54, 1.807) is 0 Å². The lowest BCUT2D eigenvalue weighted by molar-refractivity contribution is -0.0267. The quantitative estimate of drug-likeness (QED) is 0.0370. The molecule has 0 radical (unpaired) electrons. The summed E-state index contributed by atoms with van der Waals surface area (Å²) in [6.45, 7) is 13.9. The van der Waals surface area contributed by atoms with Crippen LogP contribution in [-0.2, 0) is 53.8 Å². The lowest BCUT2D eigenvalue weighted by Gasteiger charge is -2.09. The maximum atomic E-state index is 5.79. The third-order valence-corrected chi connectivity index (χ3v) is 8.77. The van der Waals surface area contributed by atoms with Crippen molar-refractivity contribution in [1.29, 1.82) is 0 Å². The average molecular weight is 871 g/mol. The summed E-state index contributed by atoms with van der Waals surface area (Å²) in [7, 11) is 0. The Morgan fingerprint density at radius 1 is 0.340 bits per heavy atom. The van der Waals surface area contributed by atoms with Crippen LogP contribution in [0, 0.1) is 0 Å². The maximum Gasteiger partial charge on any atom is 0.119 e. The largest absolute Gasteiger partial charge is 0.491 e. The normalized spacial score (nSPS) is 11.5. The van der Waals surface area contributed by atoms with Crippen LogP contribution in [0.5, 0.6) is 5.75 Å². The second-order valence-electron chi connectivity index (χ2n) is 12.6. The highest BCUT2D eigenvalue weighted by Gasteiger charge is 1.99. The predicted octanol–water partition coefficient (Wildman–Crippen LogP) is 7.52. The fourth-order valence-electron chi connectivity index (χ4n) is 4.99. The van der Waals surface area contributed by atoms with E-state index in [4.69, 9.17) is 52.1 Å². The van der Waals surface area contributed by atoms with Gasteiger partial charge in [-0.1, -0.05) is 93.0 Å². The average Bonchev–Trinajstić information content (AvgIpc) is 3.18. The Bertz CT molecular complexity index is 822. The van der Waals surface area contributed by atoms with Crippen LogP contribution in [0.1, 0.15) is 83.1 Å². The summed E-state index contributed by atoms with van der Waals surface area (Å²) >= 11 is 2.42. The number of ether oxygens (including phenoxy) is 11. The third kappa shape index (κ3) is 39.4. The Morgan fingerprint density at radius 3 is 1.06 bits per heavy atom. The number of alkyl halides is 1. The standard InChI is InChI=1S/C41H75IO11/c1-2-3-4-5-6-7-10-13-40-14-16-41(17-15-40)53-39-38-52-37-36-51-35-34-50-33-32-49-31-30-48-29-28-47-27-26-46-25-24-45-23-22-44-21-20-43-19-12-9-8-11-18-42/h14-17H,2-13,18-39H2,1H3. The van der Waals surface area contributed by atoms with Gasteiger partial charge in [0.05, 0.1) is 126 Å². The van der Waals surface area contributed by atoms with Crippen LogP contribution in [0.4, 0.5) is 0 Å². The van der Waals surface area contributed by atoms with Crippen molar-refractivity contribution in [3.63, 3.8) is 0 Å². The molecule has 0 N–H and O–H groups in total. The number of halogens is 1. The van der Waals surface area contributed by atoms with Gasteiger partial charge < -0.3 is 52.1 Å². The molecule has 1 rings (SSSR count). The zero-order valence-electron chi connectivity index (χ0n) is 33.2. The molecule has 0 fully saturated rings. The molecule has 0 atom stereocenters. The highest BCUT2D eigenvalue weighted by molar-refractivity contribution is 14.1. The van der Waals surface area contributed by atoms with Gasteiger partial charge in [0.2, 0.25) is 0 Å². The lowest BCUT2D eigenvalue weighted by atomic mass is 10.0. The molecular weight excluding hydrogens is 795 g/mol. The number of rotatable bonds is 45. The topological polar surface area (TPSA) is 102 Å². The summed E-state index contributed by atoms with van der Waals surface area (Å²) < 4.78 is 62.4. The van der Waals surface area contributed by atoms with Gasteiger partial charge in [0.25, 0.3) is 0 Å². The lowest BCUT2D eigenvalue weighted by Crippen LogP contribution is -2.15. The van der Waals surface area contributed by atoms with Gasteiger partial charge >= 0.3 is 0 Å². The van der Waals surface area contributed by atoms with Crippen LogP contribution in [0.3, 0.4) is 0 Å². The fraction of sp³-hybridized carbons (Fsp3) is 0.854. The minimum atomic E-state index is 0.520. The molecule has 0 heterocycles. The van der Waals surface area contributed by atoms with Gasteiger partial charge in [-0.25, -0.2) is 0 Å². The molecule has 0 spiro atoms. The van der Waals surface area contributed by atoms with E-state index in [1.807, 2.05) is 0 Å². The molecule has 11 nitrogen and oxygen atoms in total. The molecule has 0 unspecified atom stereocenters. The minimum Gasteiger partial charge on any atom is -0.491 e. The van der Waals surface area contributed by atoms with Gasteiger partial charge in [-0.3, -0.25) is 0 Å². The van der Waals surface area contributed by atoms with E-state index in [2.05, 4.69) is 53.8 Å². The number of aryl methyl sites for hydroxylation is 1. The van der Waals surface area contributed by atoms with Crippen molar-refractivity contribution in [2.24, 2.45) is 0 Å². The predicted molar refractivity (Wildman–Crippen MR) is 219 cm³/mol. The first-order valence-corrected chi connectivity index (χ1v) is 21.9. The number of hydrogen-bond donors (Lipinski definition) is 0. The fourth-order valence-corrected chi connectivity index (χ4v) is 5.53. The maximum absolute atomic E-state index is 5.79. The van der Waals surface area contributed by atoms with Crippen molar-refractivity contribution in [3.05, 3.63) is 29.8 Å². The van der Waals surface area contributed by atoms with Crippen LogP contribution < -0.4 is 4.74 Å². The molecule has 0 saturated carbocycles. The molecule has 0 aliphatic rings. The van der Waals surface area contributed by atoms with Gasteiger partial charge in [0.1, 0.15) is 12.4 Å². The van der Waals surface area contributed by atoms with E-state index >= 15 is 0 Å². The molecular formula is C41H75IO11. The Balaban J connectivity index is 1.68. The van der Waals surface area contributed by atoms with Crippen molar-refractivity contribution >= 4 is 22.6 Å². The smallest absolute Gasteiger partial charge is 0.119 e. The summed E-state index contributed by atoms with van der Waals surface area (Å²) in [5, 5.41) is 0. The zero-order valence-corrected chi connectivity index (χ0v) is 35.4. The summed E-state index contributed by atoms with van der Waals surface area (Å²) in [6, 6.07) is 8.46. The first-order valence-electron chi connectivity index (χ1n) is 20.4. The second-order valence-corrected chi connectivity index (χ2v) is 13.7.